The number of amides is 2. The van der Waals surface area contributed by atoms with E-state index in [1.165, 1.54) is 101 Å². The number of carbonyl (C=O) groups is 4. The molecule has 0 saturated heterocycles. The molecule has 0 aromatic carbocycles. The fourth-order valence-electron chi connectivity index (χ4n) is 19.0. The molecule has 8 aliphatic rings. The predicted octanol–water partition coefficient (Wildman–Crippen LogP) is 14.7. The number of rotatable bonds is 19. The topological polar surface area (TPSA) is 111 Å². The molecule has 8 heteroatoms. The first-order valence-electron chi connectivity index (χ1n) is 30.5. The van der Waals surface area contributed by atoms with Crippen LogP contribution in [-0.4, -0.2) is 48.0 Å². The lowest BCUT2D eigenvalue weighted by atomic mass is 9.47. The van der Waals surface area contributed by atoms with Crippen LogP contribution >= 0.6 is 0 Å². The number of ether oxygens (including phenoxy) is 2. The normalized spacial score (nSPS) is 39.6. The molecule has 8 rings (SSSR count). The van der Waals surface area contributed by atoms with Crippen molar-refractivity contribution in [3.05, 3.63) is 23.3 Å². The summed E-state index contributed by atoms with van der Waals surface area (Å²) in [4.78, 5) is 52.8. The Morgan fingerprint density at radius 1 is 0.514 bits per heavy atom. The van der Waals surface area contributed by atoms with Gasteiger partial charge in [0.05, 0.1) is 0 Å². The summed E-state index contributed by atoms with van der Waals surface area (Å²) in [6.07, 6.45) is 31.2. The van der Waals surface area contributed by atoms with Gasteiger partial charge in [-0.2, -0.15) is 0 Å². The first kappa shape index (κ1) is 55.6. The molecule has 0 aromatic rings. The summed E-state index contributed by atoms with van der Waals surface area (Å²) in [5.41, 5.74) is 4.22. The van der Waals surface area contributed by atoms with E-state index in [0.717, 1.165) is 111 Å². The molecule has 6 saturated carbocycles. The Kier molecular flexibility index (Phi) is 17.4. The van der Waals surface area contributed by atoms with Gasteiger partial charge in [-0.1, -0.05) is 131 Å². The Morgan fingerprint density at radius 3 is 1.28 bits per heavy atom. The third-order valence-corrected chi connectivity index (χ3v) is 23.1. The smallest absolute Gasteiger partial charge is 0.328 e. The highest BCUT2D eigenvalue weighted by atomic mass is 16.5. The van der Waals surface area contributed by atoms with E-state index in [0.29, 0.717) is 22.7 Å². The molecule has 406 valence electrons. The Bertz CT molecular complexity index is 1870. The maximum atomic E-state index is 13.4. The zero-order valence-corrected chi connectivity index (χ0v) is 47.8. The molecule has 6 fully saturated rings. The van der Waals surface area contributed by atoms with Crippen LogP contribution in [0.25, 0.3) is 0 Å². The van der Waals surface area contributed by atoms with Crippen LogP contribution in [0.2, 0.25) is 0 Å². The monoisotopic (exact) mass is 997 g/mol. The first-order chi connectivity index (χ1) is 34.1. The van der Waals surface area contributed by atoms with Gasteiger partial charge in [0.2, 0.25) is 11.8 Å². The van der Waals surface area contributed by atoms with Crippen LogP contribution in [0.3, 0.4) is 0 Å². The van der Waals surface area contributed by atoms with Gasteiger partial charge in [-0.3, -0.25) is 9.59 Å². The first-order valence-corrected chi connectivity index (χ1v) is 30.5. The molecule has 72 heavy (non-hydrogen) atoms. The standard InChI is InChI=1S/C64H104N2O6/c1-39(2)15-13-17-41(5)51-23-25-53-49-21-19-45-37-47(29-33-61(45,9)55(49)31-35-63(51,53)11)71-59(69)43(7)65-57(67)27-28-58(68)66-44(8)60(70)72-48-30-34-62(10)46(38-48)20-22-50-54-26-24-52(42(6)18-14-16-40(3)4)64(54,12)36-32-56(50)62/h19-20,39-44,47-56H,13-18,21-38H2,1-12H3,(H,65,67)(H,66,68)/t41-,42-,43+,44+,47+,48+,49+,50+,51-,52-,53+,54+,55+,56+,61+,62+,63-,64-/m1/s1. The lowest BCUT2D eigenvalue weighted by Crippen LogP contribution is -2.51. The summed E-state index contributed by atoms with van der Waals surface area (Å²) in [5, 5.41) is 5.55. The number of fused-ring (bicyclic) bond motifs is 10. The zero-order chi connectivity index (χ0) is 51.9. The Hall–Kier alpha value is -2.64. The quantitative estimate of drug-likeness (QED) is 0.0985. The van der Waals surface area contributed by atoms with Crippen molar-refractivity contribution in [2.75, 3.05) is 0 Å². The molecule has 2 N–H and O–H groups in total. The van der Waals surface area contributed by atoms with Crippen LogP contribution in [0.5, 0.6) is 0 Å². The van der Waals surface area contributed by atoms with Gasteiger partial charge in [0.25, 0.3) is 0 Å². The minimum Gasteiger partial charge on any atom is -0.461 e. The van der Waals surface area contributed by atoms with Crippen molar-refractivity contribution in [3.63, 3.8) is 0 Å². The van der Waals surface area contributed by atoms with Crippen molar-refractivity contribution < 1.29 is 28.7 Å². The number of allylic oxidation sites excluding steroid dienone is 2. The van der Waals surface area contributed by atoms with E-state index >= 15 is 0 Å². The minimum absolute atomic E-state index is 0.0875. The van der Waals surface area contributed by atoms with Gasteiger partial charge in [-0.15, -0.1) is 0 Å². The van der Waals surface area contributed by atoms with Crippen LogP contribution in [0.4, 0.5) is 0 Å². The van der Waals surface area contributed by atoms with Crippen LogP contribution in [0, 0.1) is 92.7 Å². The predicted molar refractivity (Wildman–Crippen MR) is 290 cm³/mol. The molecule has 0 aromatic heterocycles. The molecule has 0 radical (unpaired) electrons. The molecule has 18 atom stereocenters. The Morgan fingerprint density at radius 2 is 0.903 bits per heavy atom. The molecule has 0 spiro atoms. The second-order valence-corrected chi connectivity index (χ2v) is 28.3. The van der Waals surface area contributed by atoms with Crippen LogP contribution in [-0.2, 0) is 28.7 Å². The van der Waals surface area contributed by atoms with Crippen LogP contribution < -0.4 is 10.6 Å². The largest absolute Gasteiger partial charge is 0.461 e. The van der Waals surface area contributed by atoms with Crippen molar-refractivity contribution in [2.45, 2.75) is 261 Å². The summed E-state index contributed by atoms with van der Waals surface area (Å²) in [6, 6.07) is -1.64. The molecule has 0 unspecified atom stereocenters. The summed E-state index contributed by atoms with van der Waals surface area (Å²) < 4.78 is 12.2. The average Bonchev–Trinajstić information content (AvgIpc) is 3.87. The molecule has 0 bridgehead atoms. The summed E-state index contributed by atoms with van der Waals surface area (Å²) in [6.45, 7) is 28.2. The maximum Gasteiger partial charge on any atom is 0.328 e. The van der Waals surface area contributed by atoms with Crippen LogP contribution in [0.1, 0.15) is 237 Å². The Labute approximate surface area is 438 Å². The third kappa shape index (κ3) is 11.3. The van der Waals surface area contributed by atoms with Crippen molar-refractivity contribution in [3.8, 4) is 0 Å². The number of esters is 2. The SMILES string of the molecule is CC(C)CCC[C@@H](C)[C@H]1CC[C@H]2[C@@H]3CC=C4C[C@@H](OC(=O)[C@H](C)NC(=O)CCC(=O)N[C@@H](C)C(=O)O[C@H]5CC[C@@]6(C)C(=CC[C@H]7[C@@H]8CC[C@H]([C@H](C)CCCC(C)C)[C@@]8(C)CC[C@@H]76)C5)CC[C@]4(C)[C@H]3CC[C@]12C. The summed E-state index contributed by atoms with van der Waals surface area (Å²) in [5.74, 6) is 7.82. The molecular weight excluding hydrogens is 893 g/mol. The lowest BCUT2D eigenvalue weighted by molar-refractivity contribution is -0.155. The van der Waals surface area contributed by atoms with Gasteiger partial charge >= 0.3 is 11.9 Å². The molecule has 0 heterocycles. The zero-order valence-electron chi connectivity index (χ0n) is 47.8. The van der Waals surface area contributed by atoms with E-state index < -0.39 is 24.0 Å². The van der Waals surface area contributed by atoms with E-state index in [4.69, 9.17) is 9.47 Å². The molecule has 8 aliphatic carbocycles. The highest BCUT2D eigenvalue weighted by Gasteiger charge is 2.61. The average molecular weight is 998 g/mol. The third-order valence-electron chi connectivity index (χ3n) is 23.1. The van der Waals surface area contributed by atoms with Crippen molar-refractivity contribution in [1.82, 2.24) is 10.6 Å². The molecular formula is C64H104N2O6. The van der Waals surface area contributed by atoms with Gasteiger partial charge in [-0.05, 0) is 196 Å². The fourth-order valence-corrected chi connectivity index (χ4v) is 19.0. The van der Waals surface area contributed by atoms with Gasteiger partial charge in [0.1, 0.15) is 24.3 Å². The van der Waals surface area contributed by atoms with Crippen LogP contribution in [0.15, 0.2) is 23.3 Å². The maximum absolute atomic E-state index is 13.4. The minimum atomic E-state index is -0.819. The summed E-state index contributed by atoms with van der Waals surface area (Å²) in [7, 11) is 0. The van der Waals surface area contributed by atoms with Crippen molar-refractivity contribution in [1.29, 1.82) is 0 Å². The number of hydrogen-bond acceptors (Lipinski definition) is 6. The lowest BCUT2D eigenvalue weighted by Gasteiger charge is -2.58. The van der Waals surface area contributed by atoms with Gasteiger partial charge in [0.15, 0.2) is 0 Å². The van der Waals surface area contributed by atoms with E-state index in [1.54, 1.807) is 13.8 Å². The number of nitrogens with one attached hydrogen (secondary N) is 2. The van der Waals surface area contributed by atoms with Gasteiger partial charge in [0, 0.05) is 25.7 Å². The second kappa shape index (κ2) is 22.5. The van der Waals surface area contributed by atoms with Crippen molar-refractivity contribution in [2.24, 2.45) is 92.7 Å². The highest BCUT2D eigenvalue weighted by molar-refractivity contribution is 5.89. The molecule has 8 nitrogen and oxygen atoms in total. The number of carbonyl (C=O) groups excluding carboxylic acids is 4. The van der Waals surface area contributed by atoms with E-state index in [2.05, 4.69) is 92.0 Å². The van der Waals surface area contributed by atoms with E-state index in [1.807, 2.05) is 0 Å². The number of hydrogen-bond donors (Lipinski definition) is 2. The Balaban J connectivity index is 0.740. The molecule has 2 amide bonds. The molecule has 0 aliphatic heterocycles. The highest BCUT2D eigenvalue weighted by Crippen LogP contribution is 2.69. The van der Waals surface area contributed by atoms with E-state index in [9.17, 15) is 19.2 Å². The van der Waals surface area contributed by atoms with Gasteiger partial charge in [-0.25, -0.2) is 9.59 Å². The van der Waals surface area contributed by atoms with E-state index in [-0.39, 0.29) is 47.7 Å². The van der Waals surface area contributed by atoms with Gasteiger partial charge < -0.3 is 20.1 Å². The second-order valence-electron chi connectivity index (χ2n) is 28.3. The van der Waals surface area contributed by atoms with Crippen molar-refractivity contribution >= 4 is 23.8 Å². The summed E-state index contributed by atoms with van der Waals surface area (Å²) >= 11 is 0. The fraction of sp³-hybridized carbons (Fsp3) is 0.875.